The fourth-order valence-electron chi connectivity index (χ4n) is 2.94. The van der Waals surface area contributed by atoms with Gasteiger partial charge in [0.25, 0.3) is 0 Å². The van der Waals surface area contributed by atoms with Crippen molar-refractivity contribution in [3.05, 3.63) is 0 Å². The minimum absolute atomic E-state index is 0.107. The highest BCUT2D eigenvalue weighted by molar-refractivity contribution is 4.90. The van der Waals surface area contributed by atoms with E-state index in [-0.39, 0.29) is 6.10 Å². The highest BCUT2D eigenvalue weighted by atomic mass is 16.5. The van der Waals surface area contributed by atoms with E-state index in [9.17, 15) is 5.11 Å². The van der Waals surface area contributed by atoms with Crippen LogP contribution < -0.4 is 0 Å². The van der Waals surface area contributed by atoms with Crippen molar-refractivity contribution in [1.82, 2.24) is 4.90 Å². The van der Waals surface area contributed by atoms with Crippen molar-refractivity contribution in [1.29, 1.82) is 0 Å². The molecule has 88 valence electrons. The van der Waals surface area contributed by atoms with Crippen molar-refractivity contribution in [3.63, 3.8) is 0 Å². The summed E-state index contributed by atoms with van der Waals surface area (Å²) in [7, 11) is 0. The van der Waals surface area contributed by atoms with Crippen molar-refractivity contribution in [2.45, 2.75) is 63.8 Å². The number of morpholine rings is 1. The first kappa shape index (κ1) is 11.4. The van der Waals surface area contributed by atoms with Crippen LogP contribution in [0.1, 0.15) is 39.5 Å². The average Bonchev–Trinajstić information content (AvgIpc) is 2.64. The first-order chi connectivity index (χ1) is 7.22. The molecule has 1 aliphatic heterocycles. The molecule has 1 heterocycles. The SMILES string of the molecule is CCC1COC(C)CN1[C@@H]1CCC[C@H]1O. The molecule has 2 unspecified atom stereocenters. The third kappa shape index (κ3) is 2.35. The molecule has 15 heavy (non-hydrogen) atoms. The minimum atomic E-state index is -0.107. The van der Waals surface area contributed by atoms with Gasteiger partial charge < -0.3 is 9.84 Å². The lowest BCUT2D eigenvalue weighted by Gasteiger charge is -2.43. The van der Waals surface area contributed by atoms with Gasteiger partial charge in [0, 0.05) is 18.6 Å². The van der Waals surface area contributed by atoms with E-state index in [0.717, 1.165) is 32.4 Å². The highest BCUT2D eigenvalue weighted by Crippen LogP contribution is 2.28. The van der Waals surface area contributed by atoms with Gasteiger partial charge in [-0.2, -0.15) is 0 Å². The second kappa shape index (κ2) is 4.81. The average molecular weight is 213 g/mol. The molecule has 2 rings (SSSR count). The quantitative estimate of drug-likeness (QED) is 0.752. The minimum Gasteiger partial charge on any atom is -0.391 e. The predicted octanol–water partition coefficient (Wildman–Crippen LogP) is 1.40. The number of rotatable bonds is 2. The lowest BCUT2D eigenvalue weighted by Crippen LogP contribution is -2.55. The van der Waals surface area contributed by atoms with Gasteiger partial charge in [-0.3, -0.25) is 4.90 Å². The Balaban J connectivity index is 2.02. The molecule has 0 spiro atoms. The standard InChI is InChI=1S/C12H23NO2/c1-3-10-8-15-9(2)7-13(10)11-5-4-6-12(11)14/h9-12,14H,3-8H2,1-2H3/t9?,10?,11-,12-/m1/s1. The molecule has 3 nitrogen and oxygen atoms in total. The number of hydrogen-bond acceptors (Lipinski definition) is 3. The van der Waals surface area contributed by atoms with Crippen LogP contribution >= 0.6 is 0 Å². The molecule has 1 saturated carbocycles. The summed E-state index contributed by atoms with van der Waals surface area (Å²) in [6.07, 6.45) is 4.64. The zero-order valence-electron chi connectivity index (χ0n) is 9.85. The molecule has 4 atom stereocenters. The van der Waals surface area contributed by atoms with Gasteiger partial charge >= 0.3 is 0 Å². The van der Waals surface area contributed by atoms with E-state index in [1.165, 1.54) is 6.42 Å². The maximum atomic E-state index is 9.96. The van der Waals surface area contributed by atoms with Gasteiger partial charge in [0.2, 0.25) is 0 Å². The van der Waals surface area contributed by atoms with Crippen molar-refractivity contribution in [2.24, 2.45) is 0 Å². The van der Waals surface area contributed by atoms with E-state index in [1.54, 1.807) is 0 Å². The maximum absolute atomic E-state index is 9.96. The fourth-order valence-corrected chi connectivity index (χ4v) is 2.94. The van der Waals surface area contributed by atoms with E-state index in [1.807, 2.05) is 0 Å². The second-order valence-corrected chi connectivity index (χ2v) is 4.97. The van der Waals surface area contributed by atoms with Gasteiger partial charge in [0.15, 0.2) is 0 Å². The number of nitrogens with zero attached hydrogens (tertiary/aromatic N) is 1. The van der Waals surface area contributed by atoms with Gasteiger partial charge in [-0.1, -0.05) is 6.92 Å². The van der Waals surface area contributed by atoms with Crippen LogP contribution in [0.25, 0.3) is 0 Å². The maximum Gasteiger partial charge on any atom is 0.0695 e. The predicted molar refractivity (Wildman–Crippen MR) is 59.8 cm³/mol. The molecule has 0 bridgehead atoms. The fraction of sp³-hybridized carbons (Fsp3) is 1.00. The molecule has 1 saturated heterocycles. The Morgan fingerprint density at radius 3 is 2.80 bits per heavy atom. The number of ether oxygens (including phenoxy) is 1. The lowest BCUT2D eigenvalue weighted by atomic mass is 10.0. The first-order valence-corrected chi connectivity index (χ1v) is 6.27. The largest absolute Gasteiger partial charge is 0.391 e. The van der Waals surface area contributed by atoms with Crippen molar-refractivity contribution in [2.75, 3.05) is 13.2 Å². The molecule has 0 aromatic heterocycles. The molecular formula is C12H23NO2. The summed E-state index contributed by atoms with van der Waals surface area (Å²) in [4.78, 5) is 2.49. The Bertz CT molecular complexity index is 210. The molecule has 0 amide bonds. The highest BCUT2D eigenvalue weighted by Gasteiger charge is 2.37. The number of hydrogen-bond donors (Lipinski definition) is 1. The molecule has 0 radical (unpaired) electrons. The van der Waals surface area contributed by atoms with E-state index in [0.29, 0.717) is 18.2 Å². The van der Waals surface area contributed by atoms with Gasteiger partial charge in [-0.05, 0) is 32.6 Å². The van der Waals surface area contributed by atoms with E-state index >= 15 is 0 Å². The lowest BCUT2D eigenvalue weighted by molar-refractivity contribution is -0.0869. The van der Waals surface area contributed by atoms with Crippen LogP contribution in [0.3, 0.4) is 0 Å². The van der Waals surface area contributed by atoms with Crippen LogP contribution in [-0.4, -0.2) is 47.4 Å². The third-order valence-corrected chi connectivity index (χ3v) is 3.85. The van der Waals surface area contributed by atoms with Crippen LogP contribution in [0.15, 0.2) is 0 Å². The van der Waals surface area contributed by atoms with Crippen molar-refractivity contribution >= 4 is 0 Å². The van der Waals surface area contributed by atoms with E-state index in [4.69, 9.17) is 4.74 Å². The van der Waals surface area contributed by atoms with Crippen molar-refractivity contribution < 1.29 is 9.84 Å². The Labute approximate surface area is 92.4 Å². The molecule has 2 aliphatic rings. The first-order valence-electron chi connectivity index (χ1n) is 6.27. The van der Waals surface area contributed by atoms with Gasteiger partial charge in [0.05, 0.1) is 18.8 Å². The molecule has 0 aromatic rings. The van der Waals surface area contributed by atoms with Crippen LogP contribution in [0, 0.1) is 0 Å². The second-order valence-electron chi connectivity index (χ2n) is 4.97. The van der Waals surface area contributed by atoms with Gasteiger partial charge in [-0.25, -0.2) is 0 Å². The molecule has 1 aliphatic carbocycles. The van der Waals surface area contributed by atoms with Crippen molar-refractivity contribution in [3.8, 4) is 0 Å². The smallest absolute Gasteiger partial charge is 0.0695 e. The van der Waals surface area contributed by atoms with E-state index in [2.05, 4.69) is 18.7 Å². The Hall–Kier alpha value is -0.120. The van der Waals surface area contributed by atoms with Crippen LogP contribution in [0.5, 0.6) is 0 Å². The molecule has 3 heteroatoms. The normalized spacial score (nSPS) is 43.4. The van der Waals surface area contributed by atoms with Gasteiger partial charge in [0.1, 0.15) is 0 Å². The Morgan fingerprint density at radius 1 is 1.40 bits per heavy atom. The summed E-state index contributed by atoms with van der Waals surface area (Å²) in [5, 5.41) is 9.96. The van der Waals surface area contributed by atoms with Crippen LogP contribution in [0.4, 0.5) is 0 Å². The summed E-state index contributed by atoms with van der Waals surface area (Å²) in [6.45, 7) is 6.15. The Kier molecular flexibility index (Phi) is 3.65. The molecule has 0 aromatic carbocycles. The molecule has 2 fully saturated rings. The molecular weight excluding hydrogens is 190 g/mol. The zero-order chi connectivity index (χ0) is 10.8. The van der Waals surface area contributed by atoms with Gasteiger partial charge in [-0.15, -0.1) is 0 Å². The monoisotopic (exact) mass is 213 g/mol. The molecule has 1 N–H and O–H groups in total. The number of aliphatic hydroxyl groups excluding tert-OH is 1. The Morgan fingerprint density at radius 2 is 2.20 bits per heavy atom. The van der Waals surface area contributed by atoms with E-state index < -0.39 is 0 Å². The van der Waals surface area contributed by atoms with Crippen LogP contribution in [0.2, 0.25) is 0 Å². The number of aliphatic hydroxyl groups is 1. The summed E-state index contributed by atoms with van der Waals surface area (Å²) >= 11 is 0. The topological polar surface area (TPSA) is 32.7 Å². The summed E-state index contributed by atoms with van der Waals surface area (Å²) in [5.74, 6) is 0. The zero-order valence-corrected chi connectivity index (χ0v) is 9.85. The summed E-state index contributed by atoms with van der Waals surface area (Å²) in [5.41, 5.74) is 0. The third-order valence-electron chi connectivity index (χ3n) is 3.85. The summed E-state index contributed by atoms with van der Waals surface area (Å²) in [6, 6.07) is 0.903. The van der Waals surface area contributed by atoms with Crippen LogP contribution in [-0.2, 0) is 4.74 Å². The summed E-state index contributed by atoms with van der Waals surface area (Å²) < 4.78 is 5.68.